The summed E-state index contributed by atoms with van der Waals surface area (Å²) in [5.41, 5.74) is 1.14. The number of carboxylic acids is 1. The molecule has 22 heavy (non-hydrogen) atoms. The maximum absolute atomic E-state index is 11.9. The molecule has 0 aromatic heterocycles. The average Bonchev–Trinajstić information content (AvgIpc) is 2.50. The largest absolute Gasteiger partial charge is 0.481 e. The number of amides is 1. The summed E-state index contributed by atoms with van der Waals surface area (Å²) in [4.78, 5) is 22.8. The SMILES string of the molecule is O=C(CSCc1ccc(Cl)cc1)NC1CCC(C(=O)O)CC1. The van der Waals surface area contributed by atoms with E-state index in [0.29, 0.717) is 23.6 Å². The molecule has 0 spiro atoms. The molecule has 0 radical (unpaired) electrons. The second-order valence-corrected chi connectivity index (χ2v) is 7.00. The monoisotopic (exact) mass is 341 g/mol. The van der Waals surface area contributed by atoms with Crippen LogP contribution in [0.25, 0.3) is 0 Å². The molecule has 2 N–H and O–H groups in total. The molecule has 6 heteroatoms. The molecule has 0 bridgehead atoms. The lowest BCUT2D eigenvalue weighted by atomic mass is 9.86. The number of carbonyl (C=O) groups is 2. The van der Waals surface area contributed by atoms with Crippen molar-refractivity contribution < 1.29 is 14.7 Å². The first-order chi connectivity index (χ1) is 10.5. The van der Waals surface area contributed by atoms with E-state index in [4.69, 9.17) is 16.7 Å². The average molecular weight is 342 g/mol. The quantitative estimate of drug-likeness (QED) is 0.832. The van der Waals surface area contributed by atoms with Gasteiger partial charge in [0, 0.05) is 16.8 Å². The minimum Gasteiger partial charge on any atom is -0.481 e. The van der Waals surface area contributed by atoms with Gasteiger partial charge < -0.3 is 10.4 Å². The summed E-state index contributed by atoms with van der Waals surface area (Å²) in [6.45, 7) is 0. The van der Waals surface area contributed by atoms with E-state index in [2.05, 4.69) is 5.32 Å². The molecule has 1 fully saturated rings. The van der Waals surface area contributed by atoms with Gasteiger partial charge in [-0.25, -0.2) is 0 Å². The van der Waals surface area contributed by atoms with Crippen molar-refractivity contribution in [2.45, 2.75) is 37.5 Å². The van der Waals surface area contributed by atoms with Gasteiger partial charge in [0.25, 0.3) is 0 Å². The molecular formula is C16H20ClNO3S. The number of thioether (sulfide) groups is 1. The number of halogens is 1. The standard InChI is InChI=1S/C16H20ClNO3S/c17-13-5-1-11(2-6-13)9-22-10-15(19)18-14-7-3-12(4-8-14)16(20)21/h1-2,5-6,12,14H,3-4,7-10H2,(H,18,19)(H,20,21). The second-order valence-electron chi connectivity index (χ2n) is 5.57. The van der Waals surface area contributed by atoms with Crippen molar-refractivity contribution in [3.63, 3.8) is 0 Å². The first kappa shape index (κ1) is 17.2. The lowest BCUT2D eigenvalue weighted by molar-refractivity contribution is -0.142. The van der Waals surface area contributed by atoms with E-state index in [9.17, 15) is 9.59 Å². The predicted molar refractivity (Wildman–Crippen MR) is 89.1 cm³/mol. The highest BCUT2D eigenvalue weighted by atomic mass is 35.5. The third-order valence-electron chi connectivity index (χ3n) is 3.86. The predicted octanol–water partition coefficient (Wildman–Crippen LogP) is 3.33. The molecule has 0 aliphatic heterocycles. The number of rotatable bonds is 6. The van der Waals surface area contributed by atoms with Crippen LogP contribution in [0.15, 0.2) is 24.3 Å². The molecule has 0 saturated heterocycles. The third kappa shape index (κ3) is 5.54. The molecule has 0 atom stereocenters. The van der Waals surface area contributed by atoms with Crippen LogP contribution >= 0.6 is 23.4 Å². The highest BCUT2D eigenvalue weighted by molar-refractivity contribution is 7.99. The molecule has 4 nitrogen and oxygen atoms in total. The van der Waals surface area contributed by atoms with Crippen LogP contribution in [-0.4, -0.2) is 28.8 Å². The van der Waals surface area contributed by atoms with Crippen LogP contribution in [0.5, 0.6) is 0 Å². The molecule has 1 aliphatic carbocycles. The van der Waals surface area contributed by atoms with Gasteiger partial charge in [0.1, 0.15) is 0 Å². The minimum atomic E-state index is -0.719. The molecule has 2 rings (SSSR count). The summed E-state index contributed by atoms with van der Waals surface area (Å²) in [6.07, 6.45) is 2.81. The maximum atomic E-state index is 11.9. The summed E-state index contributed by atoms with van der Waals surface area (Å²) in [5, 5.41) is 12.7. The van der Waals surface area contributed by atoms with Crippen LogP contribution in [0.3, 0.4) is 0 Å². The van der Waals surface area contributed by atoms with E-state index < -0.39 is 5.97 Å². The van der Waals surface area contributed by atoms with Gasteiger partial charge in [-0.2, -0.15) is 0 Å². The van der Waals surface area contributed by atoms with Gasteiger partial charge in [0.05, 0.1) is 11.7 Å². The number of benzene rings is 1. The molecule has 1 aromatic rings. The fourth-order valence-corrected chi connectivity index (χ4v) is 3.52. The van der Waals surface area contributed by atoms with Crippen molar-refractivity contribution in [3.8, 4) is 0 Å². The normalized spacial score (nSPS) is 21.3. The molecular weight excluding hydrogens is 322 g/mol. The van der Waals surface area contributed by atoms with Crippen LogP contribution in [0.4, 0.5) is 0 Å². The smallest absolute Gasteiger partial charge is 0.306 e. The summed E-state index contributed by atoms with van der Waals surface area (Å²) in [5.74, 6) is 0.256. The van der Waals surface area contributed by atoms with Gasteiger partial charge in [-0.05, 0) is 43.4 Å². The molecule has 1 aromatic carbocycles. The Morgan fingerprint density at radius 1 is 1.18 bits per heavy atom. The van der Waals surface area contributed by atoms with Gasteiger partial charge in [0.15, 0.2) is 0 Å². The fourth-order valence-electron chi connectivity index (χ4n) is 2.60. The Morgan fingerprint density at radius 3 is 2.41 bits per heavy atom. The summed E-state index contributed by atoms with van der Waals surface area (Å²) in [7, 11) is 0. The van der Waals surface area contributed by atoms with E-state index >= 15 is 0 Å². The first-order valence-electron chi connectivity index (χ1n) is 7.39. The molecule has 0 unspecified atom stereocenters. The van der Waals surface area contributed by atoms with Crippen molar-refractivity contribution in [2.75, 3.05) is 5.75 Å². The minimum absolute atomic E-state index is 0.0257. The molecule has 1 aliphatic rings. The van der Waals surface area contributed by atoms with Gasteiger partial charge >= 0.3 is 5.97 Å². The Kier molecular flexibility index (Phi) is 6.58. The zero-order valence-corrected chi connectivity index (χ0v) is 13.8. The van der Waals surface area contributed by atoms with Crippen molar-refractivity contribution in [3.05, 3.63) is 34.9 Å². The van der Waals surface area contributed by atoms with Crippen LogP contribution in [0.1, 0.15) is 31.2 Å². The van der Waals surface area contributed by atoms with Crippen LogP contribution in [0, 0.1) is 5.92 Å². The van der Waals surface area contributed by atoms with Crippen molar-refractivity contribution in [2.24, 2.45) is 5.92 Å². The van der Waals surface area contributed by atoms with Gasteiger partial charge in [-0.15, -0.1) is 11.8 Å². The number of hydrogen-bond donors (Lipinski definition) is 2. The Labute approximate surface area is 139 Å². The van der Waals surface area contributed by atoms with Gasteiger partial charge in [-0.1, -0.05) is 23.7 Å². The Hall–Kier alpha value is -1.20. The Balaban J connectivity index is 1.64. The van der Waals surface area contributed by atoms with E-state index in [1.165, 1.54) is 0 Å². The van der Waals surface area contributed by atoms with Gasteiger partial charge in [0.2, 0.25) is 5.91 Å². The first-order valence-corrected chi connectivity index (χ1v) is 8.92. The summed E-state index contributed by atoms with van der Waals surface area (Å²) in [6, 6.07) is 7.73. The summed E-state index contributed by atoms with van der Waals surface area (Å²) < 4.78 is 0. The molecule has 0 heterocycles. The van der Waals surface area contributed by atoms with Crippen molar-refractivity contribution in [1.29, 1.82) is 0 Å². The lowest BCUT2D eigenvalue weighted by Crippen LogP contribution is -2.39. The van der Waals surface area contributed by atoms with E-state index in [-0.39, 0.29) is 17.9 Å². The maximum Gasteiger partial charge on any atom is 0.306 e. The van der Waals surface area contributed by atoms with E-state index in [1.807, 2.05) is 24.3 Å². The number of nitrogens with one attached hydrogen (secondary N) is 1. The number of carbonyl (C=O) groups excluding carboxylic acids is 1. The fraction of sp³-hybridized carbons (Fsp3) is 0.500. The number of aliphatic carboxylic acids is 1. The summed E-state index contributed by atoms with van der Waals surface area (Å²) >= 11 is 7.39. The van der Waals surface area contributed by atoms with Crippen molar-refractivity contribution >= 4 is 35.2 Å². The van der Waals surface area contributed by atoms with Crippen molar-refractivity contribution in [1.82, 2.24) is 5.32 Å². The topological polar surface area (TPSA) is 66.4 Å². The molecule has 1 amide bonds. The van der Waals surface area contributed by atoms with E-state index in [0.717, 1.165) is 24.2 Å². The second kappa shape index (κ2) is 8.44. The third-order valence-corrected chi connectivity index (χ3v) is 5.11. The van der Waals surface area contributed by atoms with E-state index in [1.54, 1.807) is 11.8 Å². The molecule has 1 saturated carbocycles. The highest BCUT2D eigenvalue weighted by Gasteiger charge is 2.26. The Bertz CT molecular complexity index is 513. The van der Waals surface area contributed by atoms with Gasteiger partial charge in [-0.3, -0.25) is 9.59 Å². The van der Waals surface area contributed by atoms with Crippen LogP contribution < -0.4 is 5.32 Å². The number of hydrogen-bond acceptors (Lipinski definition) is 3. The Morgan fingerprint density at radius 2 is 1.82 bits per heavy atom. The van der Waals surface area contributed by atoms with Crippen LogP contribution in [0.2, 0.25) is 5.02 Å². The number of carboxylic acid groups (broad SMARTS) is 1. The molecule has 120 valence electrons. The highest BCUT2D eigenvalue weighted by Crippen LogP contribution is 2.24. The lowest BCUT2D eigenvalue weighted by Gasteiger charge is -2.26. The zero-order chi connectivity index (χ0) is 15.9. The zero-order valence-electron chi connectivity index (χ0n) is 12.3. The van der Waals surface area contributed by atoms with Crippen LogP contribution in [-0.2, 0) is 15.3 Å².